The molecule has 0 atom stereocenters. The summed E-state index contributed by atoms with van der Waals surface area (Å²) in [5, 5.41) is 66.3. The van der Waals surface area contributed by atoms with E-state index >= 15 is 0 Å². The molecule has 0 aliphatic carbocycles. The molecule has 0 bridgehead atoms. The Kier molecular flexibility index (Phi) is 12.2. The monoisotopic (exact) mass is 905 g/mol. The number of methoxy groups -OCH3 is 1. The molecule has 25 heteroatoms. The van der Waals surface area contributed by atoms with Crippen LogP contribution < -0.4 is 4.74 Å². The van der Waals surface area contributed by atoms with Gasteiger partial charge in [0.05, 0.1) is 29.1 Å². The van der Waals surface area contributed by atoms with Crippen molar-refractivity contribution < 1.29 is 63.9 Å². The van der Waals surface area contributed by atoms with E-state index in [1.54, 1.807) is 0 Å². The molecular formula is C37H27N7O15S3. The summed E-state index contributed by atoms with van der Waals surface area (Å²) in [6, 6.07) is 18.9. The molecule has 0 aliphatic heterocycles. The van der Waals surface area contributed by atoms with E-state index in [2.05, 4.69) is 30.7 Å². The molecule has 0 unspecified atom stereocenters. The lowest BCUT2D eigenvalue weighted by Gasteiger charge is -2.10. The molecule has 0 radical (unpaired) electrons. The van der Waals surface area contributed by atoms with Crippen molar-refractivity contribution in [2.45, 2.75) is 14.7 Å². The maximum absolute atomic E-state index is 12.4. The number of benzene rings is 6. The van der Waals surface area contributed by atoms with E-state index in [1.165, 1.54) is 55.6 Å². The average Bonchev–Trinajstić information content (AvgIpc) is 3.20. The number of nitro groups is 1. The van der Waals surface area contributed by atoms with Gasteiger partial charge in [0.25, 0.3) is 36.0 Å². The van der Waals surface area contributed by atoms with E-state index in [0.29, 0.717) is 11.8 Å². The standard InChI is InChI=1S/C37H27N7O15S3/c1-59-32-19-29(41-43-36-35(62(56,57)58)15-22-14-24(9-13-28(22)37(36)47)39-38-23-7-11-27(45)12-8-23)31(46)18-30(32)42-40-25-6-4-20(33(16-25)60(50,51)52)2-3-21-5-10-26(44(48)49)17-34(21)61(53,54)55/h2-19,45-47H,1H3,(H,50,51,52)(H,53,54,55)(H,56,57,58). The molecule has 318 valence electrons. The Morgan fingerprint density at radius 1 is 0.581 bits per heavy atom. The van der Waals surface area contributed by atoms with Crippen LogP contribution >= 0.6 is 0 Å². The smallest absolute Gasteiger partial charge is 0.296 e. The molecule has 0 heterocycles. The van der Waals surface area contributed by atoms with Crippen molar-refractivity contribution in [3.8, 4) is 23.0 Å². The van der Waals surface area contributed by atoms with Gasteiger partial charge in [0.2, 0.25) is 0 Å². The summed E-state index contributed by atoms with van der Waals surface area (Å²) in [6.07, 6.45) is 2.08. The lowest BCUT2D eigenvalue weighted by molar-refractivity contribution is -0.385. The summed E-state index contributed by atoms with van der Waals surface area (Å²) in [6.45, 7) is 0. The SMILES string of the molecule is COc1cc(N=Nc2c(S(=O)(=O)O)cc3cc(N=Nc4ccc(O)cc4)ccc3c2O)c(O)cc1N=Nc1ccc(C=Cc2ccc([N+](=O)[O-])cc2S(=O)(=O)O)c(S(=O)(=O)O)c1. The van der Waals surface area contributed by atoms with Crippen molar-refractivity contribution >= 4 is 93.1 Å². The number of hydrogen-bond donors (Lipinski definition) is 6. The number of phenolic OH excluding ortho intramolecular Hbond substituents is 3. The molecule has 0 saturated heterocycles. The highest BCUT2D eigenvalue weighted by molar-refractivity contribution is 7.86. The number of hydrogen-bond acceptors (Lipinski definition) is 18. The van der Waals surface area contributed by atoms with Crippen molar-refractivity contribution in [1.82, 2.24) is 0 Å². The van der Waals surface area contributed by atoms with Gasteiger partial charge in [0, 0.05) is 29.7 Å². The molecule has 6 aromatic rings. The fourth-order valence-electron chi connectivity index (χ4n) is 5.54. The molecule has 6 aromatic carbocycles. The minimum Gasteiger partial charge on any atom is -0.508 e. The topological polar surface area (TPSA) is 350 Å². The predicted octanol–water partition coefficient (Wildman–Crippen LogP) is 9.03. The summed E-state index contributed by atoms with van der Waals surface area (Å²) < 4.78 is 108. The number of phenols is 3. The predicted molar refractivity (Wildman–Crippen MR) is 219 cm³/mol. The Morgan fingerprint density at radius 2 is 1.11 bits per heavy atom. The molecule has 0 spiro atoms. The average molecular weight is 906 g/mol. The van der Waals surface area contributed by atoms with Crippen molar-refractivity contribution in [3.63, 3.8) is 0 Å². The first-order valence-electron chi connectivity index (χ1n) is 16.9. The molecule has 22 nitrogen and oxygen atoms in total. The number of aromatic hydroxyl groups is 3. The van der Waals surface area contributed by atoms with Crippen molar-refractivity contribution in [2.24, 2.45) is 30.7 Å². The number of ether oxygens (including phenoxy) is 1. The molecule has 0 saturated carbocycles. The van der Waals surface area contributed by atoms with Crippen LogP contribution in [0.25, 0.3) is 22.9 Å². The summed E-state index contributed by atoms with van der Waals surface area (Å²) in [4.78, 5) is 7.80. The Hall–Kier alpha value is -7.55. The summed E-state index contributed by atoms with van der Waals surface area (Å²) in [5.74, 6) is -1.43. The molecule has 0 amide bonds. The number of nitro benzene ring substituents is 1. The number of rotatable bonds is 13. The zero-order chi connectivity index (χ0) is 45.1. The molecule has 6 N–H and O–H groups in total. The number of azo groups is 3. The molecular weight excluding hydrogens is 879 g/mol. The quantitative estimate of drug-likeness (QED) is 0.0207. The second kappa shape index (κ2) is 17.2. The second-order valence-corrected chi connectivity index (χ2v) is 16.7. The first-order chi connectivity index (χ1) is 29.1. The van der Waals surface area contributed by atoms with Gasteiger partial charge in [0.1, 0.15) is 49.0 Å². The Labute approximate surface area is 349 Å². The van der Waals surface area contributed by atoms with Crippen LogP contribution in [0, 0.1) is 10.1 Å². The minimum atomic E-state index is -5.04. The number of fused-ring (bicyclic) bond motifs is 1. The third kappa shape index (κ3) is 10.1. The van der Waals surface area contributed by atoms with E-state index in [0.717, 1.165) is 54.6 Å². The van der Waals surface area contributed by atoms with Gasteiger partial charge < -0.3 is 20.1 Å². The normalized spacial score (nSPS) is 12.6. The summed E-state index contributed by atoms with van der Waals surface area (Å²) in [7, 11) is -13.8. The fourth-order valence-corrected chi connectivity index (χ4v) is 7.60. The maximum atomic E-state index is 12.4. The summed E-state index contributed by atoms with van der Waals surface area (Å²) >= 11 is 0. The number of nitrogens with zero attached hydrogens (tertiary/aromatic N) is 7. The third-order valence-electron chi connectivity index (χ3n) is 8.45. The van der Waals surface area contributed by atoms with E-state index in [9.17, 15) is 64.3 Å². The molecule has 6 rings (SSSR count). The highest BCUT2D eigenvalue weighted by Crippen LogP contribution is 2.45. The Morgan fingerprint density at radius 3 is 1.73 bits per heavy atom. The van der Waals surface area contributed by atoms with Gasteiger partial charge in [-0.3, -0.25) is 23.8 Å². The van der Waals surface area contributed by atoms with E-state index < -0.39 is 72.8 Å². The van der Waals surface area contributed by atoms with Crippen molar-refractivity contribution in [2.75, 3.05) is 7.11 Å². The van der Waals surface area contributed by atoms with Crippen LogP contribution in [0.15, 0.2) is 142 Å². The largest absolute Gasteiger partial charge is 0.508 e. The summed E-state index contributed by atoms with van der Waals surface area (Å²) in [5.41, 5.74) is -1.85. The van der Waals surface area contributed by atoms with Gasteiger partial charge in [-0.15, -0.1) is 15.3 Å². The third-order valence-corrected chi connectivity index (χ3v) is 11.1. The van der Waals surface area contributed by atoms with Gasteiger partial charge in [-0.2, -0.15) is 40.6 Å². The van der Waals surface area contributed by atoms with Crippen LogP contribution in [-0.4, -0.2) is 66.3 Å². The van der Waals surface area contributed by atoms with Crippen LogP contribution in [0.4, 0.5) is 39.8 Å². The van der Waals surface area contributed by atoms with Gasteiger partial charge >= 0.3 is 0 Å². The molecule has 0 aromatic heterocycles. The van der Waals surface area contributed by atoms with E-state index in [4.69, 9.17) is 4.74 Å². The van der Waals surface area contributed by atoms with Crippen LogP contribution in [0.1, 0.15) is 11.1 Å². The van der Waals surface area contributed by atoms with Gasteiger partial charge in [-0.25, -0.2) is 0 Å². The van der Waals surface area contributed by atoms with Crippen LogP contribution in [-0.2, 0) is 30.4 Å². The second-order valence-electron chi connectivity index (χ2n) is 12.6. The zero-order valence-electron chi connectivity index (χ0n) is 31.1. The fraction of sp³-hybridized carbons (Fsp3) is 0.0270. The minimum absolute atomic E-state index is 0.0215. The van der Waals surface area contributed by atoms with Crippen LogP contribution in [0.3, 0.4) is 0 Å². The highest BCUT2D eigenvalue weighted by atomic mass is 32.2. The molecule has 62 heavy (non-hydrogen) atoms. The van der Waals surface area contributed by atoms with E-state index in [-0.39, 0.29) is 56.1 Å². The van der Waals surface area contributed by atoms with Gasteiger partial charge in [-0.05, 0) is 83.2 Å². The molecule has 0 aliphatic rings. The molecule has 0 fully saturated rings. The van der Waals surface area contributed by atoms with Crippen molar-refractivity contribution in [1.29, 1.82) is 0 Å². The van der Waals surface area contributed by atoms with Crippen LogP contribution in [0.5, 0.6) is 23.0 Å². The van der Waals surface area contributed by atoms with Crippen LogP contribution in [0.2, 0.25) is 0 Å². The first-order valence-corrected chi connectivity index (χ1v) is 21.2. The van der Waals surface area contributed by atoms with Crippen molar-refractivity contribution in [3.05, 3.63) is 118 Å². The zero-order valence-corrected chi connectivity index (χ0v) is 33.6. The lowest BCUT2D eigenvalue weighted by Crippen LogP contribution is -2.02. The Bertz CT molecular complexity index is 3270. The highest BCUT2D eigenvalue weighted by Gasteiger charge is 2.23. The lowest BCUT2D eigenvalue weighted by atomic mass is 10.1. The van der Waals surface area contributed by atoms with E-state index in [1.807, 2.05) is 0 Å². The maximum Gasteiger partial charge on any atom is 0.296 e. The number of non-ortho nitro benzene ring substituents is 1. The first kappa shape index (κ1) is 44.0. The Balaban J connectivity index is 1.30. The van der Waals surface area contributed by atoms with Gasteiger partial charge in [-0.1, -0.05) is 18.2 Å². The van der Waals surface area contributed by atoms with Gasteiger partial charge in [0.15, 0.2) is 5.75 Å².